The third-order valence-corrected chi connectivity index (χ3v) is 2.65. The molecule has 5 nitrogen and oxygen atoms in total. The Morgan fingerprint density at radius 2 is 2.50 bits per heavy atom. The molecule has 2 atom stereocenters. The Labute approximate surface area is 101 Å². The van der Waals surface area contributed by atoms with E-state index in [9.17, 15) is 4.79 Å². The fourth-order valence-corrected chi connectivity index (χ4v) is 1.90. The summed E-state index contributed by atoms with van der Waals surface area (Å²) in [5.74, 6) is 0.124. The first-order valence-corrected chi connectivity index (χ1v) is 5.85. The van der Waals surface area contributed by atoms with E-state index in [-0.39, 0.29) is 18.0 Å². The van der Waals surface area contributed by atoms with E-state index in [0.717, 1.165) is 6.42 Å². The van der Waals surface area contributed by atoms with E-state index < -0.39 is 0 Å². The van der Waals surface area contributed by atoms with E-state index in [1.807, 2.05) is 6.92 Å². The van der Waals surface area contributed by atoms with Crippen molar-refractivity contribution in [2.45, 2.75) is 31.8 Å². The molecule has 1 aliphatic heterocycles. The number of thiocarbonyl (C=S) groups is 1. The maximum atomic E-state index is 11.0. The minimum Gasteiger partial charge on any atom is -0.383 e. The monoisotopic (exact) mass is 245 g/mol. The van der Waals surface area contributed by atoms with Gasteiger partial charge in [0.2, 0.25) is 5.91 Å². The largest absolute Gasteiger partial charge is 0.383 e. The van der Waals surface area contributed by atoms with Crippen molar-refractivity contribution in [2.24, 2.45) is 0 Å². The maximum absolute atomic E-state index is 11.0. The summed E-state index contributed by atoms with van der Waals surface area (Å²) in [5.41, 5.74) is 0. The summed E-state index contributed by atoms with van der Waals surface area (Å²) >= 11 is 5.12. The van der Waals surface area contributed by atoms with Crippen LogP contribution in [0.1, 0.15) is 19.8 Å². The topological polar surface area (TPSA) is 62.4 Å². The van der Waals surface area contributed by atoms with E-state index in [0.29, 0.717) is 24.7 Å². The first kappa shape index (κ1) is 13.2. The van der Waals surface area contributed by atoms with Crippen molar-refractivity contribution < 1.29 is 9.53 Å². The standard InChI is InChI=1S/C10H19N3O2S/c1-7(6-15-2)12-10(16)11-5-8-3-4-9(14)13-8/h7-8H,3-6H2,1-2H3,(H,13,14)(H2,11,12,16). The molecule has 0 radical (unpaired) electrons. The van der Waals surface area contributed by atoms with Crippen molar-refractivity contribution in [3.8, 4) is 0 Å². The van der Waals surface area contributed by atoms with Crippen LogP contribution in [0.4, 0.5) is 0 Å². The Balaban J connectivity index is 2.12. The number of amides is 1. The van der Waals surface area contributed by atoms with E-state index in [1.165, 1.54) is 0 Å². The molecule has 0 saturated carbocycles. The zero-order valence-electron chi connectivity index (χ0n) is 9.71. The zero-order chi connectivity index (χ0) is 12.0. The molecule has 1 aliphatic rings. The first-order valence-electron chi connectivity index (χ1n) is 5.44. The number of methoxy groups -OCH3 is 1. The van der Waals surface area contributed by atoms with Gasteiger partial charge in [0.15, 0.2) is 5.11 Å². The van der Waals surface area contributed by atoms with Gasteiger partial charge in [-0.05, 0) is 25.6 Å². The van der Waals surface area contributed by atoms with Crippen molar-refractivity contribution in [1.82, 2.24) is 16.0 Å². The number of hydrogen-bond donors (Lipinski definition) is 3. The molecule has 1 saturated heterocycles. The highest BCUT2D eigenvalue weighted by Gasteiger charge is 2.20. The summed E-state index contributed by atoms with van der Waals surface area (Å²) in [5, 5.41) is 9.66. The molecular weight excluding hydrogens is 226 g/mol. The molecule has 0 aromatic rings. The van der Waals surface area contributed by atoms with Gasteiger partial charge >= 0.3 is 0 Å². The SMILES string of the molecule is COCC(C)NC(=S)NCC1CCC(=O)N1. The summed E-state index contributed by atoms with van der Waals surface area (Å²) in [7, 11) is 1.66. The van der Waals surface area contributed by atoms with Crippen LogP contribution >= 0.6 is 12.2 Å². The molecule has 6 heteroatoms. The Morgan fingerprint density at radius 1 is 1.75 bits per heavy atom. The summed E-state index contributed by atoms with van der Waals surface area (Å²) in [4.78, 5) is 11.0. The number of carbonyl (C=O) groups excluding carboxylic acids is 1. The molecule has 0 bridgehead atoms. The van der Waals surface area contributed by atoms with Crippen LogP contribution in [-0.2, 0) is 9.53 Å². The van der Waals surface area contributed by atoms with Crippen molar-refractivity contribution in [3.05, 3.63) is 0 Å². The fourth-order valence-electron chi connectivity index (χ4n) is 1.61. The number of ether oxygens (including phenoxy) is 1. The number of nitrogens with one attached hydrogen (secondary N) is 3. The fraction of sp³-hybridized carbons (Fsp3) is 0.800. The highest BCUT2D eigenvalue weighted by molar-refractivity contribution is 7.80. The molecule has 92 valence electrons. The van der Waals surface area contributed by atoms with Crippen molar-refractivity contribution >= 4 is 23.2 Å². The van der Waals surface area contributed by atoms with Gasteiger partial charge in [0, 0.05) is 32.2 Å². The molecular formula is C10H19N3O2S. The average molecular weight is 245 g/mol. The average Bonchev–Trinajstić information content (AvgIpc) is 2.61. The number of rotatable bonds is 5. The predicted octanol–water partition coefficient (Wildman–Crippen LogP) is -0.236. The quantitative estimate of drug-likeness (QED) is 0.584. The van der Waals surface area contributed by atoms with Crippen molar-refractivity contribution in [3.63, 3.8) is 0 Å². The lowest BCUT2D eigenvalue weighted by molar-refractivity contribution is -0.119. The molecule has 1 rings (SSSR count). The van der Waals surface area contributed by atoms with E-state index >= 15 is 0 Å². The van der Waals surface area contributed by atoms with Crippen LogP contribution in [0.2, 0.25) is 0 Å². The normalized spacial score (nSPS) is 21.4. The zero-order valence-corrected chi connectivity index (χ0v) is 10.5. The van der Waals surface area contributed by atoms with Crippen molar-refractivity contribution in [2.75, 3.05) is 20.3 Å². The third kappa shape index (κ3) is 4.76. The van der Waals surface area contributed by atoms with E-state index in [1.54, 1.807) is 7.11 Å². The minimum atomic E-state index is 0.124. The molecule has 1 fully saturated rings. The summed E-state index contributed by atoms with van der Waals surface area (Å²) in [6, 6.07) is 0.383. The summed E-state index contributed by atoms with van der Waals surface area (Å²) < 4.78 is 4.99. The molecule has 1 amide bonds. The number of carbonyl (C=O) groups is 1. The van der Waals surface area contributed by atoms with Crippen LogP contribution < -0.4 is 16.0 Å². The van der Waals surface area contributed by atoms with Crippen LogP contribution in [-0.4, -0.2) is 43.4 Å². The second kappa shape index (κ2) is 6.65. The number of hydrogen-bond acceptors (Lipinski definition) is 3. The van der Waals surface area contributed by atoms with Gasteiger partial charge in [0.25, 0.3) is 0 Å². The Kier molecular flexibility index (Phi) is 5.48. The van der Waals surface area contributed by atoms with Crippen LogP contribution in [0.3, 0.4) is 0 Å². The lowest BCUT2D eigenvalue weighted by Crippen LogP contribution is -2.46. The summed E-state index contributed by atoms with van der Waals surface area (Å²) in [6.45, 7) is 3.29. The van der Waals surface area contributed by atoms with E-state index in [4.69, 9.17) is 17.0 Å². The summed E-state index contributed by atoms with van der Waals surface area (Å²) in [6.07, 6.45) is 1.49. The molecule has 16 heavy (non-hydrogen) atoms. The molecule has 2 unspecified atom stereocenters. The molecule has 0 spiro atoms. The lowest BCUT2D eigenvalue weighted by atomic mass is 10.2. The highest BCUT2D eigenvalue weighted by atomic mass is 32.1. The van der Waals surface area contributed by atoms with Gasteiger partial charge in [-0.15, -0.1) is 0 Å². The van der Waals surface area contributed by atoms with Gasteiger partial charge in [-0.1, -0.05) is 0 Å². The molecule has 0 aromatic heterocycles. The van der Waals surface area contributed by atoms with Gasteiger partial charge in [0.1, 0.15) is 0 Å². The highest BCUT2D eigenvalue weighted by Crippen LogP contribution is 2.04. The van der Waals surface area contributed by atoms with Crippen molar-refractivity contribution in [1.29, 1.82) is 0 Å². The smallest absolute Gasteiger partial charge is 0.220 e. The van der Waals surface area contributed by atoms with E-state index in [2.05, 4.69) is 16.0 Å². The maximum Gasteiger partial charge on any atom is 0.220 e. The Bertz CT molecular complexity index is 260. The van der Waals surface area contributed by atoms with Crippen LogP contribution in [0.5, 0.6) is 0 Å². The van der Waals surface area contributed by atoms with Gasteiger partial charge in [-0.3, -0.25) is 4.79 Å². The molecule has 0 aliphatic carbocycles. The molecule has 1 heterocycles. The van der Waals surface area contributed by atoms with Gasteiger partial charge in [0.05, 0.1) is 6.61 Å². The third-order valence-electron chi connectivity index (χ3n) is 2.39. The van der Waals surface area contributed by atoms with Gasteiger partial charge in [-0.2, -0.15) is 0 Å². The lowest BCUT2D eigenvalue weighted by Gasteiger charge is -2.18. The van der Waals surface area contributed by atoms with Gasteiger partial charge < -0.3 is 20.7 Å². The Morgan fingerprint density at radius 3 is 3.06 bits per heavy atom. The minimum absolute atomic E-state index is 0.124. The van der Waals surface area contributed by atoms with Crippen LogP contribution in [0.15, 0.2) is 0 Å². The first-order chi connectivity index (χ1) is 7.61. The molecule has 0 aromatic carbocycles. The molecule has 3 N–H and O–H groups in total. The second-order valence-corrected chi connectivity index (χ2v) is 4.42. The Hall–Kier alpha value is -0.880. The van der Waals surface area contributed by atoms with Gasteiger partial charge in [-0.25, -0.2) is 0 Å². The van der Waals surface area contributed by atoms with Crippen LogP contribution in [0, 0.1) is 0 Å². The van der Waals surface area contributed by atoms with Crippen LogP contribution in [0.25, 0.3) is 0 Å². The second-order valence-electron chi connectivity index (χ2n) is 4.01. The predicted molar refractivity (Wildman–Crippen MR) is 66.2 cm³/mol.